The van der Waals surface area contributed by atoms with Gasteiger partial charge in [0.05, 0.1) is 11.3 Å². The number of halogens is 3. The predicted molar refractivity (Wildman–Crippen MR) is 67.8 cm³/mol. The van der Waals surface area contributed by atoms with Gasteiger partial charge in [0.1, 0.15) is 0 Å². The molecule has 0 unspecified atom stereocenters. The van der Waals surface area contributed by atoms with Gasteiger partial charge in [0.25, 0.3) is 0 Å². The van der Waals surface area contributed by atoms with Crippen LogP contribution >= 0.6 is 0 Å². The molecule has 0 radical (unpaired) electrons. The molecule has 0 saturated carbocycles. The largest absolute Gasteiger partial charge is 0.417 e. The van der Waals surface area contributed by atoms with Gasteiger partial charge in [-0.1, -0.05) is 11.2 Å². The molecule has 0 aliphatic carbocycles. The number of anilines is 1. The van der Waals surface area contributed by atoms with Gasteiger partial charge in [-0.25, -0.2) is 0 Å². The summed E-state index contributed by atoms with van der Waals surface area (Å²) in [6.07, 6.45) is -4.40. The van der Waals surface area contributed by atoms with Crippen molar-refractivity contribution in [2.45, 2.75) is 6.18 Å². The normalized spacial score (nSPS) is 12.2. The zero-order chi connectivity index (χ0) is 14.5. The number of fused-ring (bicyclic) bond motifs is 1. The second-order valence-corrected chi connectivity index (χ2v) is 4.44. The van der Waals surface area contributed by atoms with Crippen LogP contribution in [0.15, 0.2) is 34.9 Å². The molecule has 0 bridgehead atoms. The van der Waals surface area contributed by atoms with Crippen molar-refractivity contribution in [2.75, 3.05) is 5.73 Å². The highest BCUT2D eigenvalue weighted by Crippen LogP contribution is 2.37. The number of alkyl halides is 3. The highest BCUT2D eigenvalue weighted by Gasteiger charge is 2.33. The Kier molecular flexibility index (Phi) is 2.53. The van der Waals surface area contributed by atoms with Crippen molar-refractivity contribution >= 4 is 16.7 Å². The lowest BCUT2D eigenvalue weighted by molar-refractivity contribution is -0.136. The van der Waals surface area contributed by atoms with Crippen LogP contribution in [-0.2, 0) is 13.2 Å². The molecule has 0 saturated heterocycles. The minimum Gasteiger partial charge on any atom is -0.381 e. The molecule has 2 aromatic heterocycles. The number of hydrogen-bond acceptors (Lipinski definition) is 3. The van der Waals surface area contributed by atoms with Crippen LogP contribution < -0.4 is 5.73 Å². The first-order valence-electron chi connectivity index (χ1n) is 5.76. The van der Waals surface area contributed by atoms with Crippen LogP contribution in [0.4, 0.5) is 19.0 Å². The smallest absolute Gasteiger partial charge is 0.381 e. The molecule has 3 rings (SSSR count). The van der Waals surface area contributed by atoms with Crippen molar-refractivity contribution in [3.05, 3.63) is 35.9 Å². The van der Waals surface area contributed by atoms with Gasteiger partial charge in [-0.15, -0.1) is 0 Å². The fourth-order valence-corrected chi connectivity index (χ4v) is 2.25. The summed E-state index contributed by atoms with van der Waals surface area (Å²) in [5.41, 5.74) is 5.74. The number of hydrogen-bond donors (Lipinski definition) is 1. The molecule has 0 spiro atoms. The molecule has 4 nitrogen and oxygen atoms in total. The molecule has 104 valence electrons. The van der Waals surface area contributed by atoms with Crippen LogP contribution in [0.5, 0.6) is 0 Å². The summed E-state index contributed by atoms with van der Waals surface area (Å²) in [4.78, 5) is 0. The van der Waals surface area contributed by atoms with Crippen molar-refractivity contribution in [2.24, 2.45) is 7.05 Å². The van der Waals surface area contributed by atoms with E-state index in [4.69, 9.17) is 10.3 Å². The molecule has 0 aliphatic rings. The first kappa shape index (κ1) is 12.6. The van der Waals surface area contributed by atoms with Gasteiger partial charge >= 0.3 is 6.18 Å². The summed E-state index contributed by atoms with van der Waals surface area (Å²) in [7, 11) is 1.66. The third kappa shape index (κ3) is 1.82. The Morgan fingerprint density at radius 3 is 2.60 bits per heavy atom. The second-order valence-electron chi connectivity index (χ2n) is 4.44. The van der Waals surface area contributed by atoms with Gasteiger partial charge in [0.15, 0.2) is 11.6 Å². The van der Waals surface area contributed by atoms with Crippen molar-refractivity contribution in [1.29, 1.82) is 0 Å². The maximum Gasteiger partial charge on any atom is 0.417 e. The zero-order valence-corrected chi connectivity index (χ0v) is 10.4. The van der Waals surface area contributed by atoms with E-state index in [0.29, 0.717) is 17.0 Å². The van der Waals surface area contributed by atoms with E-state index in [0.717, 1.165) is 6.07 Å². The number of nitrogen functional groups attached to an aromatic ring is 1. The van der Waals surface area contributed by atoms with Gasteiger partial charge in [0, 0.05) is 24.0 Å². The van der Waals surface area contributed by atoms with E-state index in [-0.39, 0.29) is 11.2 Å². The molecule has 2 N–H and O–H groups in total. The maximum atomic E-state index is 13.0. The molecule has 0 fully saturated rings. The quantitative estimate of drug-likeness (QED) is 0.743. The SMILES string of the molecule is Cn1c(-c2cc(N)no2)cc2c(C(F)(F)F)cccc21. The van der Waals surface area contributed by atoms with Crippen molar-refractivity contribution < 1.29 is 17.7 Å². The van der Waals surface area contributed by atoms with E-state index in [1.807, 2.05) is 0 Å². The first-order valence-corrected chi connectivity index (χ1v) is 5.76. The average Bonchev–Trinajstić information content (AvgIpc) is 2.92. The van der Waals surface area contributed by atoms with E-state index in [9.17, 15) is 13.2 Å². The zero-order valence-electron chi connectivity index (χ0n) is 10.4. The van der Waals surface area contributed by atoms with Gasteiger partial charge in [0.2, 0.25) is 0 Å². The van der Waals surface area contributed by atoms with Crippen LogP contribution in [0.3, 0.4) is 0 Å². The van der Waals surface area contributed by atoms with Gasteiger partial charge in [-0.3, -0.25) is 0 Å². The number of benzene rings is 1. The van der Waals surface area contributed by atoms with Crippen LogP contribution in [0.2, 0.25) is 0 Å². The molecule has 1 aromatic carbocycles. The highest BCUT2D eigenvalue weighted by molar-refractivity contribution is 5.89. The summed E-state index contributed by atoms with van der Waals surface area (Å²) in [5.74, 6) is 0.510. The topological polar surface area (TPSA) is 57.0 Å². The summed E-state index contributed by atoms with van der Waals surface area (Å²) < 4.78 is 45.6. The number of nitrogens with zero attached hydrogens (tertiary/aromatic N) is 2. The summed E-state index contributed by atoms with van der Waals surface area (Å²) in [5, 5.41) is 3.66. The number of aromatic nitrogens is 2. The first-order chi connectivity index (χ1) is 9.38. The molecule has 2 heterocycles. The maximum absolute atomic E-state index is 13.0. The van der Waals surface area contributed by atoms with Crippen LogP contribution in [0, 0.1) is 0 Å². The van der Waals surface area contributed by atoms with E-state index in [1.54, 1.807) is 17.7 Å². The molecule has 0 aliphatic heterocycles. The Bertz CT molecular complexity index is 786. The van der Waals surface area contributed by atoms with E-state index in [1.165, 1.54) is 18.2 Å². The van der Waals surface area contributed by atoms with Crippen molar-refractivity contribution in [1.82, 2.24) is 9.72 Å². The molecule has 0 amide bonds. The lowest BCUT2D eigenvalue weighted by Gasteiger charge is -2.07. The minimum atomic E-state index is -4.40. The summed E-state index contributed by atoms with van der Waals surface area (Å²) >= 11 is 0. The predicted octanol–water partition coefficient (Wildman–Crippen LogP) is 3.43. The van der Waals surface area contributed by atoms with E-state index in [2.05, 4.69) is 5.16 Å². The standard InChI is InChI=1S/C13H10F3N3O/c1-19-9-4-2-3-8(13(14,15)16)7(9)5-10(19)11-6-12(17)18-20-11/h2-6H,1H3,(H2,17,18). The third-order valence-corrected chi connectivity index (χ3v) is 3.17. The van der Waals surface area contributed by atoms with E-state index >= 15 is 0 Å². The fraction of sp³-hybridized carbons (Fsp3) is 0.154. The Balaban J connectivity index is 2.30. The molecular formula is C13H10F3N3O. The fourth-order valence-electron chi connectivity index (χ4n) is 2.25. The van der Waals surface area contributed by atoms with Crippen LogP contribution in [-0.4, -0.2) is 9.72 Å². The van der Waals surface area contributed by atoms with Gasteiger partial charge in [-0.2, -0.15) is 13.2 Å². The number of nitrogens with two attached hydrogens (primary N) is 1. The lowest BCUT2D eigenvalue weighted by Crippen LogP contribution is -2.05. The van der Waals surface area contributed by atoms with Crippen LogP contribution in [0.25, 0.3) is 22.4 Å². The lowest BCUT2D eigenvalue weighted by atomic mass is 10.1. The molecular weight excluding hydrogens is 271 g/mol. The Morgan fingerprint density at radius 1 is 1.25 bits per heavy atom. The second kappa shape index (κ2) is 4.03. The van der Waals surface area contributed by atoms with Crippen molar-refractivity contribution in [3.63, 3.8) is 0 Å². The summed E-state index contributed by atoms with van der Waals surface area (Å²) in [6, 6.07) is 6.96. The Morgan fingerprint density at radius 2 is 2.00 bits per heavy atom. The van der Waals surface area contributed by atoms with Gasteiger partial charge < -0.3 is 14.8 Å². The van der Waals surface area contributed by atoms with Crippen LogP contribution in [0.1, 0.15) is 5.56 Å². The van der Waals surface area contributed by atoms with Gasteiger partial charge in [-0.05, 0) is 18.2 Å². The average molecular weight is 281 g/mol. The molecule has 0 atom stereocenters. The molecule has 7 heteroatoms. The number of aryl methyl sites for hydroxylation is 1. The van der Waals surface area contributed by atoms with Crippen molar-refractivity contribution in [3.8, 4) is 11.5 Å². The minimum absolute atomic E-state index is 0.118. The Labute approximate surface area is 111 Å². The molecule has 20 heavy (non-hydrogen) atoms. The highest BCUT2D eigenvalue weighted by atomic mass is 19.4. The monoisotopic (exact) mass is 281 g/mol. The Hall–Kier alpha value is -2.44. The number of rotatable bonds is 1. The van der Waals surface area contributed by atoms with E-state index < -0.39 is 11.7 Å². The molecule has 3 aromatic rings. The summed E-state index contributed by atoms with van der Waals surface area (Å²) in [6.45, 7) is 0. The third-order valence-electron chi connectivity index (χ3n) is 3.17.